The number of nitrogens with one attached hydrogen (secondary N) is 1. The SMILES string of the molecule is COCCNCC(Cc1cn(C)nn1)c1ccc(F)cc1. The number of aromatic nitrogens is 3. The Bertz CT molecular complexity index is 541. The first-order valence-corrected chi connectivity index (χ1v) is 6.99. The lowest BCUT2D eigenvalue weighted by molar-refractivity contribution is 0.199. The fourth-order valence-corrected chi connectivity index (χ4v) is 2.23. The highest BCUT2D eigenvalue weighted by Crippen LogP contribution is 2.19. The van der Waals surface area contributed by atoms with E-state index in [4.69, 9.17) is 4.74 Å². The van der Waals surface area contributed by atoms with Crippen molar-refractivity contribution in [2.45, 2.75) is 12.3 Å². The fraction of sp³-hybridized carbons (Fsp3) is 0.467. The Morgan fingerprint density at radius 1 is 1.33 bits per heavy atom. The van der Waals surface area contributed by atoms with Crippen molar-refractivity contribution in [1.82, 2.24) is 20.3 Å². The molecule has 6 heteroatoms. The van der Waals surface area contributed by atoms with E-state index < -0.39 is 0 Å². The zero-order chi connectivity index (χ0) is 15.1. The third-order valence-corrected chi connectivity index (χ3v) is 3.32. The van der Waals surface area contributed by atoms with E-state index in [1.54, 1.807) is 11.8 Å². The number of aryl methyl sites for hydroxylation is 1. The molecule has 1 aromatic carbocycles. The first-order chi connectivity index (χ1) is 10.2. The molecule has 1 N–H and O–H groups in total. The Morgan fingerprint density at radius 2 is 2.10 bits per heavy atom. The fourth-order valence-electron chi connectivity index (χ4n) is 2.23. The van der Waals surface area contributed by atoms with Crippen molar-refractivity contribution in [2.24, 2.45) is 7.05 Å². The number of benzene rings is 1. The van der Waals surface area contributed by atoms with E-state index in [0.717, 1.165) is 30.8 Å². The van der Waals surface area contributed by atoms with Crippen LogP contribution in [0.25, 0.3) is 0 Å². The molecule has 1 unspecified atom stereocenters. The summed E-state index contributed by atoms with van der Waals surface area (Å²) in [6, 6.07) is 6.64. The van der Waals surface area contributed by atoms with Crippen molar-refractivity contribution < 1.29 is 9.13 Å². The molecular formula is C15H21FN4O. The third kappa shape index (κ3) is 4.91. The van der Waals surface area contributed by atoms with Crippen LogP contribution in [0.4, 0.5) is 4.39 Å². The second kappa shape index (κ2) is 7.85. The number of rotatable bonds is 8. The van der Waals surface area contributed by atoms with Gasteiger partial charge in [-0.1, -0.05) is 17.3 Å². The molecule has 0 saturated carbocycles. The van der Waals surface area contributed by atoms with Gasteiger partial charge in [0.1, 0.15) is 5.82 Å². The normalized spacial score (nSPS) is 12.5. The predicted octanol–water partition coefficient (Wildman–Crippen LogP) is 1.52. The van der Waals surface area contributed by atoms with Gasteiger partial charge >= 0.3 is 0 Å². The Kier molecular flexibility index (Phi) is 5.83. The molecule has 114 valence electrons. The van der Waals surface area contributed by atoms with E-state index in [0.29, 0.717) is 6.61 Å². The number of ether oxygens (including phenoxy) is 1. The van der Waals surface area contributed by atoms with Crippen molar-refractivity contribution in [3.63, 3.8) is 0 Å². The summed E-state index contributed by atoms with van der Waals surface area (Å²) >= 11 is 0. The van der Waals surface area contributed by atoms with Gasteiger partial charge in [0.05, 0.1) is 12.3 Å². The van der Waals surface area contributed by atoms with Gasteiger partial charge in [-0.2, -0.15) is 0 Å². The average Bonchev–Trinajstić information content (AvgIpc) is 2.88. The molecule has 0 amide bonds. The third-order valence-electron chi connectivity index (χ3n) is 3.32. The molecule has 1 atom stereocenters. The first-order valence-electron chi connectivity index (χ1n) is 6.99. The lowest BCUT2D eigenvalue weighted by Crippen LogP contribution is -2.26. The molecule has 0 fully saturated rings. The highest BCUT2D eigenvalue weighted by Gasteiger charge is 2.14. The van der Waals surface area contributed by atoms with Crippen LogP contribution in [-0.2, 0) is 18.2 Å². The van der Waals surface area contributed by atoms with Gasteiger partial charge in [0.25, 0.3) is 0 Å². The largest absolute Gasteiger partial charge is 0.383 e. The monoisotopic (exact) mass is 292 g/mol. The molecule has 0 saturated heterocycles. The molecule has 2 rings (SSSR count). The van der Waals surface area contributed by atoms with Crippen molar-refractivity contribution in [2.75, 3.05) is 26.8 Å². The Hall–Kier alpha value is -1.79. The molecular weight excluding hydrogens is 271 g/mol. The Labute approximate surface area is 124 Å². The smallest absolute Gasteiger partial charge is 0.123 e. The van der Waals surface area contributed by atoms with Gasteiger partial charge in [-0.15, -0.1) is 5.10 Å². The molecule has 0 aliphatic heterocycles. The van der Waals surface area contributed by atoms with Crippen molar-refractivity contribution in [3.05, 3.63) is 47.5 Å². The van der Waals surface area contributed by atoms with Crippen LogP contribution in [0.3, 0.4) is 0 Å². The summed E-state index contributed by atoms with van der Waals surface area (Å²) in [5, 5.41) is 11.4. The standard InChI is InChI=1S/C15H21FN4O/c1-20-11-15(18-19-20)9-13(10-17-7-8-21-2)12-3-5-14(16)6-4-12/h3-6,11,13,17H,7-10H2,1-2H3. The summed E-state index contributed by atoms with van der Waals surface area (Å²) in [5.41, 5.74) is 2.02. The van der Waals surface area contributed by atoms with Gasteiger partial charge in [0.2, 0.25) is 0 Å². The number of hydrogen-bond donors (Lipinski definition) is 1. The van der Waals surface area contributed by atoms with E-state index in [2.05, 4.69) is 15.6 Å². The van der Waals surface area contributed by atoms with E-state index in [1.165, 1.54) is 12.1 Å². The van der Waals surface area contributed by atoms with Gasteiger partial charge in [0, 0.05) is 45.8 Å². The molecule has 0 radical (unpaired) electrons. The highest BCUT2D eigenvalue weighted by molar-refractivity contribution is 5.22. The summed E-state index contributed by atoms with van der Waals surface area (Å²) in [6.07, 6.45) is 2.67. The second-order valence-electron chi connectivity index (χ2n) is 5.03. The predicted molar refractivity (Wildman–Crippen MR) is 78.6 cm³/mol. The minimum atomic E-state index is -0.218. The van der Waals surface area contributed by atoms with Crippen LogP contribution in [-0.4, -0.2) is 41.8 Å². The number of nitrogens with zero attached hydrogens (tertiary/aromatic N) is 3. The van der Waals surface area contributed by atoms with Gasteiger partial charge < -0.3 is 10.1 Å². The summed E-state index contributed by atoms with van der Waals surface area (Å²) in [4.78, 5) is 0. The van der Waals surface area contributed by atoms with E-state index in [9.17, 15) is 4.39 Å². The maximum atomic E-state index is 13.1. The van der Waals surface area contributed by atoms with Gasteiger partial charge in [-0.05, 0) is 17.7 Å². The highest BCUT2D eigenvalue weighted by atomic mass is 19.1. The summed E-state index contributed by atoms with van der Waals surface area (Å²) in [7, 11) is 3.53. The minimum Gasteiger partial charge on any atom is -0.383 e. The average molecular weight is 292 g/mol. The summed E-state index contributed by atoms with van der Waals surface area (Å²) < 4.78 is 19.8. The molecule has 1 heterocycles. The summed E-state index contributed by atoms with van der Waals surface area (Å²) in [5.74, 6) is 0.00324. The number of methoxy groups -OCH3 is 1. The molecule has 0 aliphatic rings. The molecule has 21 heavy (non-hydrogen) atoms. The number of hydrogen-bond acceptors (Lipinski definition) is 4. The van der Waals surface area contributed by atoms with Crippen LogP contribution in [0.2, 0.25) is 0 Å². The van der Waals surface area contributed by atoms with Crippen LogP contribution in [0.1, 0.15) is 17.2 Å². The van der Waals surface area contributed by atoms with Crippen molar-refractivity contribution in [3.8, 4) is 0 Å². The van der Waals surface area contributed by atoms with Crippen LogP contribution in [0, 0.1) is 5.82 Å². The van der Waals surface area contributed by atoms with Crippen LogP contribution >= 0.6 is 0 Å². The Balaban J connectivity index is 2.04. The lowest BCUT2D eigenvalue weighted by atomic mass is 9.94. The van der Waals surface area contributed by atoms with Gasteiger partial charge in [-0.25, -0.2) is 4.39 Å². The van der Waals surface area contributed by atoms with Crippen molar-refractivity contribution in [1.29, 1.82) is 0 Å². The lowest BCUT2D eigenvalue weighted by Gasteiger charge is -2.17. The molecule has 1 aromatic heterocycles. The molecule has 2 aromatic rings. The molecule has 0 bridgehead atoms. The zero-order valence-electron chi connectivity index (χ0n) is 12.4. The first kappa shape index (κ1) is 15.6. The number of halogens is 1. The quantitative estimate of drug-likeness (QED) is 0.750. The van der Waals surface area contributed by atoms with Crippen LogP contribution < -0.4 is 5.32 Å². The van der Waals surface area contributed by atoms with E-state index in [1.807, 2.05) is 25.4 Å². The molecule has 0 spiro atoms. The van der Waals surface area contributed by atoms with Gasteiger partial charge in [-0.3, -0.25) is 4.68 Å². The van der Waals surface area contributed by atoms with Crippen LogP contribution in [0.15, 0.2) is 30.5 Å². The topological polar surface area (TPSA) is 52.0 Å². The van der Waals surface area contributed by atoms with E-state index in [-0.39, 0.29) is 11.7 Å². The Morgan fingerprint density at radius 3 is 2.71 bits per heavy atom. The maximum absolute atomic E-state index is 13.1. The van der Waals surface area contributed by atoms with E-state index >= 15 is 0 Å². The zero-order valence-corrected chi connectivity index (χ0v) is 12.4. The minimum absolute atomic E-state index is 0.218. The van der Waals surface area contributed by atoms with Crippen LogP contribution in [0.5, 0.6) is 0 Å². The second-order valence-corrected chi connectivity index (χ2v) is 5.03. The van der Waals surface area contributed by atoms with Gasteiger partial charge in [0.15, 0.2) is 0 Å². The maximum Gasteiger partial charge on any atom is 0.123 e. The molecule has 5 nitrogen and oxygen atoms in total. The summed E-state index contributed by atoms with van der Waals surface area (Å²) in [6.45, 7) is 2.24. The molecule has 0 aliphatic carbocycles. The van der Waals surface area contributed by atoms with Crippen molar-refractivity contribution >= 4 is 0 Å².